The van der Waals surface area contributed by atoms with Gasteiger partial charge in [-0.3, -0.25) is 0 Å². The van der Waals surface area contributed by atoms with E-state index in [2.05, 4.69) is 33.5 Å². The molecule has 0 saturated heterocycles. The molecule has 0 saturated carbocycles. The molecule has 2 aliphatic heterocycles. The van der Waals surface area contributed by atoms with Crippen molar-refractivity contribution in [2.24, 2.45) is 0 Å². The van der Waals surface area contributed by atoms with Gasteiger partial charge in [0.05, 0.1) is 31.6 Å². The van der Waals surface area contributed by atoms with Crippen LogP contribution in [0.1, 0.15) is 68.0 Å². The van der Waals surface area contributed by atoms with Gasteiger partial charge in [-0.25, -0.2) is 4.98 Å². The highest BCUT2D eigenvalue weighted by molar-refractivity contribution is 7.99. The summed E-state index contributed by atoms with van der Waals surface area (Å²) < 4.78 is 25.3. The third kappa shape index (κ3) is 8.95. The van der Waals surface area contributed by atoms with Gasteiger partial charge in [0, 0.05) is 62.3 Å². The van der Waals surface area contributed by atoms with E-state index in [4.69, 9.17) is 23.9 Å². The summed E-state index contributed by atoms with van der Waals surface area (Å²) in [7, 11) is 0. The van der Waals surface area contributed by atoms with Crippen LogP contribution < -0.4 is 15.4 Å². The van der Waals surface area contributed by atoms with E-state index in [1.165, 1.54) is 0 Å². The van der Waals surface area contributed by atoms with Crippen molar-refractivity contribution in [2.75, 3.05) is 37.6 Å². The molecular weight excluding hydrogens is 552 g/mol. The van der Waals surface area contributed by atoms with Crippen molar-refractivity contribution < 1.29 is 24.1 Å². The number of nitrogens with one attached hydrogen (secondary N) is 2. The molecule has 0 fully saturated rings. The van der Waals surface area contributed by atoms with Crippen molar-refractivity contribution in [3.63, 3.8) is 0 Å². The van der Waals surface area contributed by atoms with E-state index in [1.54, 1.807) is 0 Å². The van der Waals surface area contributed by atoms with Crippen molar-refractivity contribution in [1.82, 2.24) is 14.9 Å². The number of fused-ring (bicyclic) bond motifs is 2. The summed E-state index contributed by atoms with van der Waals surface area (Å²) in [4.78, 5) is 4.69. The fourth-order valence-electron chi connectivity index (χ4n) is 5.05. The molecule has 1 aromatic heterocycles. The molecule has 0 unspecified atom stereocenters. The Labute approximate surface area is 253 Å². The number of hydrogen-bond donors (Lipinski definition) is 3. The van der Waals surface area contributed by atoms with Gasteiger partial charge in [-0.15, -0.1) is 0 Å². The molecule has 0 bridgehead atoms. The first-order chi connectivity index (χ1) is 20.5. The van der Waals surface area contributed by atoms with Gasteiger partial charge in [0.2, 0.25) is 5.79 Å². The van der Waals surface area contributed by atoms with Crippen LogP contribution in [0.3, 0.4) is 0 Å². The van der Waals surface area contributed by atoms with Gasteiger partial charge >= 0.3 is 0 Å². The molecule has 3 heterocycles. The van der Waals surface area contributed by atoms with Gasteiger partial charge in [-0.05, 0) is 43.1 Å². The van der Waals surface area contributed by atoms with E-state index >= 15 is 0 Å². The number of hydrogen-bond acceptors (Lipinski definition) is 9. The van der Waals surface area contributed by atoms with Crippen LogP contribution in [-0.2, 0) is 40.5 Å². The van der Waals surface area contributed by atoms with Crippen molar-refractivity contribution in [3.8, 4) is 5.75 Å². The Balaban J connectivity index is 0.873. The normalized spacial score (nSPS) is 16.1. The summed E-state index contributed by atoms with van der Waals surface area (Å²) in [6.45, 7) is 8.92. The van der Waals surface area contributed by atoms with Crippen LogP contribution in [0.4, 0.5) is 5.69 Å². The number of aromatic nitrogens is 2. The molecule has 3 N–H and O–H groups in total. The van der Waals surface area contributed by atoms with Crippen molar-refractivity contribution >= 4 is 17.4 Å². The molecule has 10 heteroatoms. The molecule has 1 atom stereocenters. The second kappa shape index (κ2) is 15.2. The van der Waals surface area contributed by atoms with E-state index in [9.17, 15) is 5.11 Å². The number of aliphatic hydroxyl groups excluding tert-OH is 1. The lowest BCUT2D eigenvalue weighted by atomic mass is 10.0. The number of ether oxygens (including phenoxy) is 4. The number of aryl methyl sites for hydroxylation is 1. The van der Waals surface area contributed by atoms with Crippen LogP contribution in [0, 0.1) is 0 Å². The number of aliphatic hydroxyl groups is 1. The summed E-state index contributed by atoms with van der Waals surface area (Å²) in [5, 5.41) is 18.6. The van der Waals surface area contributed by atoms with Gasteiger partial charge in [-0.1, -0.05) is 48.9 Å². The fourth-order valence-corrected chi connectivity index (χ4v) is 6.01. The molecule has 0 radical (unpaired) electrons. The first kappa shape index (κ1) is 30.8. The molecule has 0 aliphatic carbocycles. The number of nitrogens with zero attached hydrogens (tertiary/aromatic N) is 2. The Hall–Kier alpha value is -2.60. The number of anilines is 1. The largest absolute Gasteiger partial charge is 0.463 e. The van der Waals surface area contributed by atoms with Crippen molar-refractivity contribution in [2.45, 2.75) is 82.9 Å². The lowest BCUT2D eigenvalue weighted by Crippen LogP contribution is -2.35. The third-order valence-electron chi connectivity index (χ3n) is 7.38. The van der Waals surface area contributed by atoms with E-state index in [1.807, 2.05) is 55.9 Å². The lowest BCUT2D eigenvalue weighted by Gasteiger charge is -2.33. The van der Waals surface area contributed by atoms with E-state index in [-0.39, 0.29) is 6.79 Å². The number of unbranched alkanes of at least 4 members (excludes halogenated alkanes) is 3. The van der Waals surface area contributed by atoms with Crippen LogP contribution in [0.15, 0.2) is 53.8 Å². The minimum Gasteiger partial charge on any atom is -0.463 e. The first-order valence-electron chi connectivity index (χ1n) is 15.0. The summed E-state index contributed by atoms with van der Waals surface area (Å²) in [5.74, 6) is 1.33. The maximum absolute atomic E-state index is 10.6. The number of thioether (sulfide) groups is 1. The highest BCUT2D eigenvalue weighted by Gasteiger charge is 2.27. The van der Waals surface area contributed by atoms with Crippen LogP contribution in [0.5, 0.6) is 5.75 Å². The molecule has 2 aliphatic rings. The van der Waals surface area contributed by atoms with Crippen molar-refractivity contribution in [3.05, 3.63) is 71.0 Å². The predicted octanol–water partition coefficient (Wildman–Crippen LogP) is 5.62. The number of benzene rings is 2. The Bertz CT molecular complexity index is 1260. The monoisotopic (exact) mass is 596 g/mol. The number of imidazole rings is 1. The van der Waals surface area contributed by atoms with E-state index in [0.717, 1.165) is 83.5 Å². The van der Waals surface area contributed by atoms with Gasteiger partial charge in [0.15, 0.2) is 5.16 Å². The molecule has 2 aromatic carbocycles. The van der Waals surface area contributed by atoms with Crippen LogP contribution >= 0.6 is 11.8 Å². The second-order valence-electron chi connectivity index (χ2n) is 11.2. The molecular formula is C32H44N4O5S. The van der Waals surface area contributed by atoms with E-state index in [0.29, 0.717) is 32.9 Å². The lowest BCUT2D eigenvalue weighted by molar-refractivity contribution is -0.180. The predicted molar refractivity (Wildman–Crippen MR) is 165 cm³/mol. The highest BCUT2D eigenvalue weighted by atomic mass is 32.2. The maximum Gasteiger partial charge on any atom is 0.205 e. The number of para-hydroxylation sites is 1. The molecule has 0 amide bonds. The smallest absolute Gasteiger partial charge is 0.205 e. The molecule has 9 nitrogen and oxygen atoms in total. The number of rotatable bonds is 17. The van der Waals surface area contributed by atoms with Gasteiger partial charge < -0.3 is 39.3 Å². The van der Waals surface area contributed by atoms with Gasteiger partial charge in [0.25, 0.3) is 0 Å². The second-order valence-corrected chi connectivity index (χ2v) is 12.3. The minimum atomic E-state index is -0.610. The highest BCUT2D eigenvalue weighted by Crippen LogP contribution is 2.33. The third-order valence-corrected chi connectivity index (χ3v) is 8.36. The molecule has 5 rings (SSSR count). The summed E-state index contributed by atoms with van der Waals surface area (Å²) in [6.07, 6.45) is 5.88. The average molecular weight is 597 g/mol. The summed E-state index contributed by atoms with van der Waals surface area (Å²) >= 11 is 1.81. The van der Waals surface area contributed by atoms with Crippen LogP contribution in [0.2, 0.25) is 0 Å². The molecule has 3 aromatic rings. The zero-order chi connectivity index (χ0) is 29.2. The topological polar surface area (TPSA) is 99.0 Å². The van der Waals surface area contributed by atoms with Crippen LogP contribution in [-0.4, -0.2) is 52.7 Å². The average Bonchev–Trinajstić information content (AvgIpc) is 3.59. The Morgan fingerprint density at radius 1 is 1.12 bits per heavy atom. The minimum absolute atomic E-state index is 0.289. The Morgan fingerprint density at radius 2 is 2.00 bits per heavy atom. The van der Waals surface area contributed by atoms with Crippen molar-refractivity contribution in [1.29, 1.82) is 0 Å². The fraction of sp³-hybridized carbons (Fsp3) is 0.531. The standard InChI is InChI=1S/C32H44N4O5S/c1-32(2)40-22-26-17-24(11-12-30(26)41-32)29(37)19-33-13-7-3-4-8-15-38-23-39-21-25-9-5-6-10-28(25)34-18-27-20-36-14-16-42-31(36)35-27/h5-6,9-12,17,20,29,33-34,37H,3-4,7-8,13-16,18-19,21-23H2,1-2H3/t29-/m0/s1. The summed E-state index contributed by atoms with van der Waals surface area (Å²) in [6, 6.07) is 14.0. The quantitative estimate of drug-likeness (QED) is 0.135. The van der Waals surface area contributed by atoms with Crippen LogP contribution in [0.25, 0.3) is 0 Å². The first-order valence-corrected chi connectivity index (χ1v) is 16.0. The maximum atomic E-state index is 10.6. The Kier molecular flexibility index (Phi) is 11.2. The zero-order valence-electron chi connectivity index (χ0n) is 24.8. The molecule has 228 valence electrons. The van der Waals surface area contributed by atoms with E-state index < -0.39 is 11.9 Å². The SMILES string of the molecule is CC1(C)OCc2cc([C@@H](O)CNCCCCCCOCOCc3ccccc3NCc3cn4c(n3)SCC4)ccc2O1. The van der Waals surface area contributed by atoms with Gasteiger partial charge in [-0.2, -0.15) is 0 Å². The molecule has 0 spiro atoms. The molecule has 42 heavy (non-hydrogen) atoms. The Morgan fingerprint density at radius 3 is 2.90 bits per heavy atom. The summed E-state index contributed by atoms with van der Waals surface area (Å²) in [5.41, 5.74) is 5.09. The zero-order valence-corrected chi connectivity index (χ0v) is 25.6. The van der Waals surface area contributed by atoms with Gasteiger partial charge in [0.1, 0.15) is 12.5 Å².